The molecule has 26 heavy (non-hydrogen) atoms. The van der Waals surface area contributed by atoms with Gasteiger partial charge in [0.05, 0.1) is 25.6 Å². The van der Waals surface area contributed by atoms with Crippen LogP contribution in [0.2, 0.25) is 0 Å². The van der Waals surface area contributed by atoms with Crippen molar-refractivity contribution in [2.24, 2.45) is 0 Å². The summed E-state index contributed by atoms with van der Waals surface area (Å²) in [5.74, 6) is 1.10. The van der Waals surface area contributed by atoms with Crippen LogP contribution in [0, 0.1) is 0 Å². The van der Waals surface area contributed by atoms with Crippen LogP contribution in [-0.4, -0.2) is 29.3 Å². The Labute approximate surface area is 162 Å². The quantitative estimate of drug-likeness (QED) is 0.534. The van der Waals surface area contributed by atoms with Crippen molar-refractivity contribution in [3.63, 3.8) is 0 Å². The van der Waals surface area contributed by atoms with Gasteiger partial charge in [0.2, 0.25) is 5.75 Å². The van der Waals surface area contributed by atoms with Crippen LogP contribution in [0.3, 0.4) is 0 Å². The van der Waals surface area contributed by atoms with Crippen LogP contribution in [0.25, 0.3) is 5.69 Å². The highest BCUT2D eigenvalue weighted by Crippen LogP contribution is 2.61. The van der Waals surface area contributed by atoms with Crippen LogP contribution >= 0.6 is 17.1 Å². The number of aromatic nitrogens is 2. The normalized spacial score (nSPS) is 13.2. The van der Waals surface area contributed by atoms with E-state index in [9.17, 15) is 4.79 Å². The minimum atomic E-state index is -2.64. The van der Waals surface area contributed by atoms with E-state index in [-0.39, 0.29) is 11.5 Å². The maximum absolute atomic E-state index is 12.8. The van der Waals surface area contributed by atoms with E-state index in [1.807, 2.05) is 25.1 Å². The first-order valence-corrected chi connectivity index (χ1v) is 12.6. The molecule has 0 aliphatic carbocycles. The van der Waals surface area contributed by atoms with Crippen LogP contribution in [0.4, 0.5) is 0 Å². The summed E-state index contributed by atoms with van der Waals surface area (Å²) in [7, 11) is 1.43. The van der Waals surface area contributed by atoms with E-state index in [4.69, 9.17) is 25.6 Å². The maximum Gasteiger partial charge on any atom is 0.317 e. The SMILES string of the molecule is CCCOP(=S)(Oc1cnn(-c2ccccc2)c(=O)c1OC)SCCC. The summed E-state index contributed by atoms with van der Waals surface area (Å²) in [5, 5.41) is 4.21. The Bertz CT molecular complexity index is 802. The first-order chi connectivity index (χ1) is 12.5. The number of ether oxygens (including phenoxy) is 1. The first-order valence-electron chi connectivity index (χ1n) is 8.35. The van der Waals surface area contributed by atoms with Gasteiger partial charge in [0, 0.05) is 5.75 Å². The summed E-state index contributed by atoms with van der Waals surface area (Å²) >= 11 is 7.10. The fraction of sp³-hybridized carbons (Fsp3) is 0.412. The lowest BCUT2D eigenvalue weighted by atomic mass is 10.3. The molecule has 0 N–H and O–H groups in total. The Hall–Kier alpha value is -1.34. The maximum atomic E-state index is 12.8. The highest BCUT2D eigenvalue weighted by Gasteiger charge is 2.25. The Balaban J connectivity index is 2.38. The van der Waals surface area contributed by atoms with E-state index in [2.05, 4.69) is 12.0 Å². The van der Waals surface area contributed by atoms with Crippen molar-refractivity contribution in [3.8, 4) is 17.2 Å². The van der Waals surface area contributed by atoms with Gasteiger partial charge < -0.3 is 13.8 Å². The third-order valence-corrected chi connectivity index (χ3v) is 8.57. The molecular weight excluding hydrogens is 391 g/mol. The van der Waals surface area contributed by atoms with Crippen LogP contribution in [0.1, 0.15) is 26.7 Å². The molecule has 0 bridgehead atoms. The van der Waals surface area contributed by atoms with Crippen LogP contribution in [0.5, 0.6) is 11.5 Å². The zero-order valence-electron chi connectivity index (χ0n) is 15.1. The second-order valence-electron chi connectivity index (χ2n) is 5.30. The molecule has 0 radical (unpaired) electrons. The lowest BCUT2D eigenvalue weighted by molar-refractivity contribution is 0.316. The third-order valence-electron chi connectivity index (χ3n) is 3.22. The van der Waals surface area contributed by atoms with Gasteiger partial charge in [-0.15, -0.1) is 0 Å². The van der Waals surface area contributed by atoms with E-state index in [0.29, 0.717) is 12.3 Å². The largest absolute Gasteiger partial charge is 0.488 e. The Morgan fingerprint density at radius 2 is 1.96 bits per heavy atom. The van der Waals surface area contributed by atoms with Gasteiger partial charge >= 0.3 is 5.56 Å². The molecule has 0 amide bonds. The number of para-hydroxylation sites is 1. The third kappa shape index (κ3) is 5.33. The molecule has 2 aromatic rings. The number of hydrogen-bond acceptors (Lipinski definition) is 7. The summed E-state index contributed by atoms with van der Waals surface area (Å²) in [5.41, 5.74) is -2.41. The second kappa shape index (κ2) is 10.1. The average molecular weight is 414 g/mol. The number of nitrogens with zero attached hydrogens (tertiary/aromatic N) is 2. The fourth-order valence-corrected chi connectivity index (χ4v) is 6.61. The van der Waals surface area contributed by atoms with E-state index in [1.54, 1.807) is 12.1 Å². The summed E-state index contributed by atoms with van der Waals surface area (Å²) in [6, 6.07) is 9.12. The molecular formula is C17H23N2O4PS2. The van der Waals surface area contributed by atoms with Gasteiger partial charge in [-0.25, -0.2) is 0 Å². The van der Waals surface area contributed by atoms with Crippen molar-refractivity contribution >= 4 is 28.9 Å². The number of benzene rings is 1. The van der Waals surface area contributed by atoms with Crippen LogP contribution < -0.4 is 14.8 Å². The van der Waals surface area contributed by atoms with Gasteiger partial charge in [0.15, 0.2) is 5.75 Å². The molecule has 0 aliphatic rings. The standard InChI is InChI=1S/C17H23N2O4PS2/c1-4-11-22-24(25,26-12-5-2)23-15-13-18-19(17(20)16(15)21-3)14-9-7-6-8-10-14/h6-10,13H,4-5,11-12H2,1-3H3. The zero-order valence-corrected chi connectivity index (χ0v) is 17.6. The molecule has 0 saturated carbocycles. The number of rotatable bonds is 10. The highest BCUT2D eigenvalue weighted by atomic mass is 32.9. The molecule has 0 spiro atoms. The van der Waals surface area contributed by atoms with Crippen LogP contribution in [0.15, 0.2) is 41.3 Å². The predicted molar refractivity (Wildman–Crippen MR) is 110 cm³/mol. The van der Waals surface area contributed by atoms with Gasteiger partial charge in [0.1, 0.15) is 0 Å². The Kier molecular flexibility index (Phi) is 8.15. The summed E-state index contributed by atoms with van der Waals surface area (Å²) in [4.78, 5) is 12.8. The minimum absolute atomic E-state index is 0.0651. The monoisotopic (exact) mass is 414 g/mol. The molecule has 6 nitrogen and oxygen atoms in total. The zero-order chi connectivity index (χ0) is 19.0. The fourth-order valence-electron chi connectivity index (χ4n) is 2.05. The first kappa shape index (κ1) is 21.0. The van der Waals surface area contributed by atoms with Gasteiger partial charge in [-0.2, -0.15) is 9.78 Å². The van der Waals surface area contributed by atoms with Gasteiger partial charge in [-0.1, -0.05) is 43.4 Å². The van der Waals surface area contributed by atoms with E-state index < -0.39 is 11.3 Å². The van der Waals surface area contributed by atoms with E-state index in [1.165, 1.54) is 29.4 Å². The van der Waals surface area contributed by atoms with E-state index >= 15 is 0 Å². The molecule has 1 aromatic carbocycles. The van der Waals surface area contributed by atoms with Gasteiger partial charge in [0.25, 0.3) is 5.69 Å². The van der Waals surface area contributed by atoms with Crippen molar-refractivity contribution in [3.05, 3.63) is 46.9 Å². The summed E-state index contributed by atoms with van der Waals surface area (Å²) < 4.78 is 18.3. The Morgan fingerprint density at radius 3 is 2.58 bits per heavy atom. The topological polar surface area (TPSA) is 62.6 Å². The van der Waals surface area contributed by atoms with Crippen LogP contribution in [-0.2, 0) is 16.3 Å². The Morgan fingerprint density at radius 1 is 1.23 bits per heavy atom. The molecule has 0 saturated heterocycles. The van der Waals surface area contributed by atoms with Gasteiger partial charge in [-0.3, -0.25) is 4.79 Å². The summed E-state index contributed by atoms with van der Waals surface area (Å²) in [6.45, 7) is 4.58. The van der Waals surface area contributed by atoms with Crippen molar-refractivity contribution < 1.29 is 13.8 Å². The molecule has 1 unspecified atom stereocenters. The molecule has 9 heteroatoms. The van der Waals surface area contributed by atoms with Gasteiger partial charge in [-0.05, 0) is 36.8 Å². The molecule has 142 valence electrons. The minimum Gasteiger partial charge on any atom is -0.488 e. The highest BCUT2D eigenvalue weighted by molar-refractivity contribution is 8.68. The van der Waals surface area contributed by atoms with E-state index in [0.717, 1.165) is 18.6 Å². The van der Waals surface area contributed by atoms with Crippen molar-refractivity contribution in [2.45, 2.75) is 26.7 Å². The smallest absolute Gasteiger partial charge is 0.317 e. The lowest BCUT2D eigenvalue weighted by Gasteiger charge is -2.22. The molecule has 1 heterocycles. The van der Waals surface area contributed by atoms with Crippen molar-refractivity contribution in [2.75, 3.05) is 19.5 Å². The second-order valence-corrected chi connectivity index (χ2v) is 11.7. The average Bonchev–Trinajstić information content (AvgIpc) is 2.66. The molecule has 0 fully saturated rings. The number of methoxy groups -OCH3 is 1. The van der Waals surface area contributed by atoms with Crippen molar-refractivity contribution in [1.29, 1.82) is 0 Å². The van der Waals surface area contributed by atoms with Crippen molar-refractivity contribution in [1.82, 2.24) is 9.78 Å². The molecule has 0 aliphatic heterocycles. The predicted octanol–water partition coefficient (Wildman–Crippen LogP) is 4.41. The molecule has 1 atom stereocenters. The molecule has 1 aromatic heterocycles. The summed E-state index contributed by atoms with van der Waals surface area (Å²) in [6.07, 6.45) is 3.24. The number of hydrogen-bond donors (Lipinski definition) is 0. The lowest BCUT2D eigenvalue weighted by Crippen LogP contribution is -2.22. The molecule has 2 rings (SSSR count).